The van der Waals surface area contributed by atoms with E-state index in [4.69, 9.17) is 11.6 Å². The van der Waals surface area contributed by atoms with Gasteiger partial charge in [0.05, 0.1) is 12.7 Å². The molecule has 0 bridgehead atoms. The fraction of sp³-hybridized carbons (Fsp3) is 0.182. The van der Waals surface area contributed by atoms with Crippen LogP contribution in [0.2, 0.25) is 5.02 Å². The third kappa shape index (κ3) is 3.03. The summed E-state index contributed by atoms with van der Waals surface area (Å²) in [7, 11) is 0. The number of aromatic nitrogens is 3. The Bertz CT molecular complexity index is 1200. The molecule has 0 amide bonds. The Hall–Kier alpha value is -2.89. The summed E-state index contributed by atoms with van der Waals surface area (Å²) in [5.41, 5.74) is 5.08. The minimum Gasteiger partial charge on any atom is -0.290 e. The van der Waals surface area contributed by atoms with Gasteiger partial charge in [0.2, 0.25) is 0 Å². The molecule has 0 spiro atoms. The van der Waals surface area contributed by atoms with Crippen LogP contribution in [-0.2, 0) is 26.2 Å². The number of rotatable bonds is 4. The number of fused-ring (bicyclic) bond motifs is 3. The third-order valence-electron chi connectivity index (χ3n) is 5.35. The lowest BCUT2D eigenvalue weighted by Gasteiger charge is -2.14. The molecule has 5 rings (SSSR count). The number of benzene rings is 2. The second kappa shape index (κ2) is 6.93. The van der Waals surface area contributed by atoms with E-state index in [9.17, 15) is 4.79 Å². The van der Waals surface area contributed by atoms with Gasteiger partial charge in [0.1, 0.15) is 5.65 Å². The van der Waals surface area contributed by atoms with Crippen molar-refractivity contribution >= 4 is 22.6 Å². The second-order valence-electron chi connectivity index (χ2n) is 7.24. The van der Waals surface area contributed by atoms with Crippen LogP contribution in [0.1, 0.15) is 22.3 Å². The standard InChI is InChI=1S/C22H19ClN4O/c23-17-8-6-16(7-9-17)12-27-21-18(10-24-25-21)19-13-26(14-20(19)22(27)28)11-15-4-2-1-3-5-15/h1-10H,11-14H2,(H,24,25). The molecule has 1 N–H and O–H groups in total. The van der Waals surface area contributed by atoms with Gasteiger partial charge >= 0.3 is 0 Å². The van der Waals surface area contributed by atoms with Crippen molar-refractivity contribution in [3.8, 4) is 0 Å². The Morgan fingerprint density at radius 3 is 2.43 bits per heavy atom. The molecule has 2 aromatic carbocycles. The smallest absolute Gasteiger partial charge is 0.257 e. The first-order valence-corrected chi connectivity index (χ1v) is 9.65. The summed E-state index contributed by atoms with van der Waals surface area (Å²) in [5, 5.41) is 8.96. The lowest BCUT2D eigenvalue weighted by molar-refractivity contribution is 0.275. The van der Waals surface area contributed by atoms with Crippen LogP contribution >= 0.6 is 11.6 Å². The molecule has 1 aliphatic rings. The molecular formula is C22H19ClN4O. The first kappa shape index (κ1) is 17.2. The van der Waals surface area contributed by atoms with Gasteiger partial charge < -0.3 is 0 Å². The van der Waals surface area contributed by atoms with Gasteiger partial charge in [0, 0.05) is 35.6 Å². The van der Waals surface area contributed by atoms with E-state index in [1.54, 1.807) is 4.57 Å². The predicted octanol–water partition coefficient (Wildman–Crippen LogP) is 3.94. The molecule has 6 heteroatoms. The largest absolute Gasteiger partial charge is 0.290 e. The van der Waals surface area contributed by atoms with E-state index in [1.807, 2.05) is 48.7 Å². The van der Waals surface area contributed by atoms with Gasteiger partial charge in [-0.25, -0.2) is 0 Å². The van der Waals surface area contributed by atoms with Crippen molar-refractivity contribution in [2.75, 3.05) is 0 Å². The molecule has 2 aromatic heterocycles. The molecule has 0 radical (unpaired) electrons. The first-order chi connectivity index (χ1) is 13.7. The SMILES string of the molecule is O=c1c2c(c3cn[nH]c3n1Cc1ccc(Cl)cc1)CN(Cc1ccccc1)C2. The molecule has 0 aliphatic carbocycles. The van der Waals surface area contributed by atoms with Crippen LogP contribution in [-0.4, -0.2) is 19.7 Å². The summed E-state index contributed by atoms with van der Waals surface area (Å²) in [6.07, 6.45) is 1.83. The van der Waals surface area contributed by atoms with Crippen LogP contribution in [0.5, 0.6) is 0 Å². The minimum atomic E-state index is 0.0530. The molecule has 1 aliphatic heterocycles. The molecule has 0 fully saturated rings. The number of nitrogens with one attached hydrogen (secondary N) is 1. The van der Waals surface area contributed by atoms with E-state index in [1.165, 1.54) is 5.56 Å². The van der Waals surface area contributed by atoms with E-state index in [-0.39, 0.29) is 5.56 Å². The molecule has 28 heavy (non-hydrogen) atoms. The van der Waals surface area contributed by atoms with Crippen LogP contribution < -0.4 is 5.56 Å². The molecule has 4 aromatic rings. The van der Waals surface area contributed by atoms with E-state index in [2.05, 4.69) is 27.2 Å². The van der Waals surface area contributed by atoms with E-state index in [0.29, 0.717) is 18.1 Å². The van der Waals surface area contributed by atoms with E-state index >= 15 is 0 Å². The fourth-order valence-electron chi connectivity index (χ4n) is 3.99. The summed E-state index contributed by atoms with van der Waals surface area (Å²) < 4.78 is 1.79. The summed E-state index contributed by atoms with van der Waals surface area (Å²) in [6.45, 7) is 2.73. The molecular weight excluding hydrogens is 372 g/mol. The van der Waals surface area contributed by atoms with Crippen molar-refractivity contribution < 1.29 is 0 Å². The molecule has 5 nitrogen and oxygen atoms in total. The number of aromatic amines is 1. The third-order valence-corrected chi connectivity index (χ3v) is 5.60. The van der Waals surface area contributed by atoms with Crippen molar-refractivity contribution in [1.82, 2.24) is 19.7 Å². The highest BCUT2D eigenvalue weighted by molar-refractivity contribution is 6.30. The maximum atomic E-state index is 13.3. The molecule has 3 heterocycles. The topological polar surface area (TPSA) is 53.9 Å². The highest BCUT2D eigenvalue weighted by Gasteiger charge is 2.27. The summed E-state index contributed by atoms with van der Waals surface area (Å²) >= 11 is 5.99. The minimum absolute atomic E-state index is 0.0530. The maximum absolute atomic E-state index is 13.3. The van der Waals surface area contributed by atoms with Gasteiger partial charge in [-0.15, -0.1) is 0 Å². The van der Waals surface area contributed by atoms with Gasteiger partial charge in [-0.3, -0.25) is 19.4 Å². The molecule has 0 saturated carbocycles. The van der Waals surface area contributed by atoms with Crippen molar-refractivity contribution in [2.24, 2.45) is 0 Å². The van der Waals surface area contributed by atoms with Crippen LogP contribution in [0.4, 0.5) is 0 Å². The van der Waals surface area contributed by atoms with Crippen LogP contribution in [0.15, 0.2) is 65.6 Å². The van der Waals surface area contributed by atoms with E-state index in [0.717, 1.165) is 40.8 Å². The number of H-pyrrole nitrogens is 1. The zero-order valence-corrected chi connectivity index (χ0v) is 16.0. The van der Waals surface area contributed by atoms with E-state index < -0.39 is 0 Å². The Kier molecular flexibility index (Phi) is 4.26. The van der Waals surface area contributed by atoms with Crippen LogP contribution in [0, 0.1) is 0 Å². The zero-order chi connectivity index (χ0) is 19.1. The zero-order valence-electron chi connectivity index (χ0n) is 15.2. The highest BCUT2D eigenvalue weighted by atomic mass is 35.5. The molecule has 0 saturated heterocycles. The Morgan fingerprint density at radius 2 is 1.64 bits per heavy atom. The normalized spacial score (nSPS) is 13.9. The molecule has 140 valence electrons. The molecule has 0 unspecified atom stereocenters. The summed E-state index contributed by atoms with van der Waals surface area (Å²) in [4.78, 5) is 15.6. The van der Waals surface area contributed by atoms with Gasteiger partial charge in [-0.1, -0.05) is 54.1 Å². The maximum Gasteiger partial charge on any atom is 0.257 e. The van der Waals surface area contributed by atoms with Crippen LogP contribution in [0.25, 0.3) is 11.0 Å². The first-order valence-electron chi connectivity index (χ1n) is 9.27. The quantitative estimate of drug-likeness (QED) is 0.574. The fourth-order valence-corrected chi connectivity index (χ4v) is 4.11. The lowest BCUT2D eigenvalue weighted by Crippen LogP contribution is -2.26. The number of pyridine rings is 1. The van der Waals surface area contributed by atoms with Crippen molar-refractivity contribution in [3.63, 3.8) is 0 Å². The number of nitrogens with zero attached hydrogens (tertiary/aromatic N) is 3. The van der Waals surface area contributed by atoms with Gasteiger partial charge in [-0.05, 0) is 28.8 Å². The average Bonchev–Trinajstić information content (AvgIpc) is 3.34. The monoisotopic (exact) mass is 390 g/mol. The Labute approximate surface area is 167 Å². The van der Waals surface area contributed by atoms with Crippen molar-refractivity contribution in [3.05, 3.63) is 98.4 Å². The van der Waals surface area contributed by atoms with Gasteiger partial charge in [0.15, 0.2) is 0 Å². The highest BCUT2D eigenvalue weighted by Crippen LogP contribution is 2.28. The molecule has 0 atom stereocenters. The average molecular weight is 391 g/mol. The Morgan fingerprint density at radius 1 is 0.929 bits per heavy atom. The van der Waals surface area contributed by atoms with Gasteiger partial charge in [0.25, 0.3) is 5.56 Å². The number of hydrogen-bond donors (Lipinski definition) is 1. The van der Waals surface area contributed by atoms with Gasteiger partial charge in [-0.2, -0.15) is 5.10 Å². The predicted molar refractivity (Wildman–Crippen MR) is 110 cm³/mol. The summed E-state index contributed by atoms with van der Waals surface area (Å²) in [6, 6.07) is 18.0. The lowest BCUT2D eigenvalue weighted by atomic mass is 10.1. The van der Waals surface area contributed by atoms with Crippen LogP contribution in [0.3, 0.4) is 0 Å². The van der Waals surface area contributed by atoms with Crippen molar-refractivity contribution in [1.29, 1.82) is 0 Å². The summed E-state index contributed by atoms with van der Waals surface area (Å²) in [5.74, 6) is 0. The van der Waals surface area contributed by atoms with Crippen molar-refractivity contribution in [2.45, 2.75) is 26.2 Å². The Balaban J connectivity index is 1.52. The number of halogens is 1. The second-order valence-corrected chi connectivity index (χ2v) is 7.67. The number of hydrogen-bond acceptors (Lipinski definition) is 3.